The summed E-state index contributed by atoms with van der Waals surface area (Å²) in [5.74, 6) is 1.52. The average Bonchev–Trinajstić information content (AvgIpc) is 3.02. The van der Waals surface area contributed by atoms with Gasteiger partial charge in [-0.05, 0) is 50.4 Å². The maximum atomic E-state index is 12.9. The van der Waals surface area contributed by atoms with E-state index in [1.165, 1.54) is 6.42 Å². The van der Waals surface area contributed by atoms with E-state index >= 15 is 0 Å². The lowest BCUT2D eigenvalue weighted by Crippen LogP contribution is -2.49. The zero-order valence-electron chi connectivity index (χ0n) is 18.3. The summed E-state index contributed by atoms with van der Waals surface area (Å²) < 4.78 is 11.1. The summed E-state index contributed by atoms with van der Waals surface area (Å²) in [6.45, 7) is 15.5. The van der Waals surface area contributed by atoms with E-state index in [1.807, 2.05) is 43.0 Å². The number of amides is 1. The van der Waals surface area contributed by atoms with Crippen molar-refractivity contribution in [1.29, 1.82) is 0 Å². The topological polar surface area (TPSA) is 58.8 Å². The number of rotatable bonds is 6. The average molecular weight is 400 g/mol. The fraction of sp³-hybridized carbons (Fsp3) is 0.565. The van der Waals surface area contributed by atoms with E-state index in [9.17, 15) is 4.79 Å². The van der Waals surface area contributed by atoms with Crippen LogP contribution in [0.2, 0.25) is 0 Å². The number of carbonyl (C=O) groups is 1. The molecule has 1 saturated heterocycles. The quantitative estimate of drug-likeness (QED) is 0.733. The van der Waals surface area contributed by atoms with Gasteiger partial charge in [0, 0.05) is 31.7 Å². The van der Waals surface area contributed by atoms with Crippen molar-refractivity contribution in [2.45, 2.75) is 47.6 Å². The molecule has 0 bridgehead atoms. The molecule has 1 aromatic heterocycles. The van der Waals surface area contributed by atoms with Crippen molar-refractivity contribution in [3.05, 3.63) is 46.8 Å². The van der Waals surface area contributed by atoms with E-state index < -0.39 is 0 Å². The lowest BCUT2D eigenvalue weighted by molar-refractivity contribution is 0.0623. The lowest BCUT2D eigenvalue weighted by Gasteiger charge is -2.36. The molecule has 0 saturated carbocycles. The molecular formula is C23H33N3O3. The maximum Gasteiger partial charge on any atom is 0.254 e. The summed E-state index contributed by atoms with van der Waals surface area (Å²) in [4.78, 5) is 17.3. The van der Waals surface area contributed by atoms with E-state index in [1.54, 1.807) is 0 Å². The third-order valence-corrected chi connectivity index (χ3v) is 5.48. The van der Waals surface area contributed by atoms with Crippen molar-refractivity contribution >= 4 is 5.91 Å². The normalized spacial score (nSPS) is 15.6. The first-order chi connectivity index (χ1) is 13.7. The molecule has 3 rings (SSSR count). The molecule has 2 heterocycles. The highest BCUT2D eigenvalue weighted by Gasteiger charge is 2.23. The van der Waals surface area contributed by atoms with Crippen LogP contribution < -0.4 is 4.74 Å². The summed E-state index contributed by atoms with van der Waals surface area (Å²) in [5, 5.41) is 3.95. The van der Waals surface area contributed by atoms with Gasteiger partial charge in [0.2, 0.25) is 0 Å². The molecule has 0 unspecified atom stereocenters. The van der Waals surface area contributed by atoms with Gasteiger partial charge in [-0.15, -0.1) is 0 Å². The number of aryl methyl sites for hydroxylation is 2. The largest absolute Gasteiger partial charge is 0.489 e. The molecule has 6 nitrogen and oxygen atoms in total. The molecule has 1 fully saturated rings. The molecule has 1 aliphatic heterocycles. The van der Waals surface area contributed by atoms with Crippen LogP contribution >= 0.6 is 0 Å². The highest BCUT2D eigenvalue weighted by atomic mass is 16.5. The molecule has 0 spiro atoms. The SMILES string of the molecule is Cc1noc(C)c1COc1cccc(C(=O)N2CCN(CCC(C)(C)C)CC2)c1. The highest BCUT2D eigenvalue weighted by molar-refractivity contribution is 5.94. The molecule has 158 valence electrons. The van der Waals surface area contributed by atoms with Gasteiger partial charge in [-0.3, -0.25) is 9.69 Å². The third kappa shape index (κ3) is 5.82. The van der Waals surface area contributed by atoms with Crippen LogP contribution in [0.3, 0.4) is 0 Å². The number of benzene rings is 1. The number of nitrogens with zero attached hydrogens (tertiary/aromatic N) is 3. The van der Waals surface area contributed by atoms with Crippen LogP contribution in [0, 0.1) is 19.3 Å². The van der Waals surface area contributed by atoms with Crippen molar-refractivity contribution in [2.75, 3.05) is 32.7 Å². The maximum absolute atomic E-state index is 12.9. The first-order valence-corrected chi connectivity index (χ1v) is 10.4. The second-order valence-electron chi connectivity index (χ2n) is 9.06. The summed E-state index contributed by atoms with van der Waals surface area (Å²) in [6.07, 6.45) is 1.17. The first-order valence-electron chi connectivity index (χ1n) is 10.4. The number of hydrogen-bond acceptors (Lipinski definition) is 5. The fourth-order valence-corrected chi connectivity index (χ4v) is 3.43. The summed E-state index contributed by atoms with van der Waals surface area (Å²) in [7, 11) is 0. The zero-order valence-corrected chi connectivity index (χ0v) is 18.3. The van der Waals surface area contributed by atoms with Crippen LogP contribution in [-0.4, -0.2) is 53.6 Å². The van der Waals surface area contributed by atoms with Crippen LogP contribution in [0.5, 0.6) is 5.75 Å². The molecule has 1 amide bonds. The van der Waals surface area contributed by atoms with Crippen molar-refractivity contribution in [1.82, 2.24) is 15.0 Å². The lowest BCUT2D eigenvalue weighted by atomic mass is 9.92. The number of aromatic nitrogens is 1. The monoisotopic (exact) mass is 399 g/mol. The molecule has 0 aliphatic carbocycles. The summed E-state index contributed by atoms with van der Waals surface area (Å²) in [6, 6.07) is 7.43. The number of ether oxygens (including phenoxy) is 1. The Balaban J connectivity index is 1.54. The van der Waals surface area contributed by atoms with Crippen LogP contribution in [0.25, 0.3) is 0 Å². The molecule has 6 heteroatoms. The van der Waals surface area contributed by atoms with Gasteiger partial charge < -0.3 is 14.2 Å². The molecule has 1 aromatic carbocycles. The standard InChI is InChI=1S/C23H33N3O3/c1-17-21(18(2)29-24-17)16-28-20-8-6-7-19(15-20)22(27)26-13-11-25(12-14-26)10-9-23(3,4)5/h6-8,15H,9-14,16H2,1-5H3. The predicted molar refractivity (Wildman–Crippen MR) is 113 cm³/mol. The zero-order chi connectivity index (χ0) is 21.0. The van der Waals surface area contributed by atoms with Gasteiger partial charge >= 0.3 is 0 Å². The second kappa shape index (κ2) is 8.99. The van der Waals surface area contributed by atoms with Gasteiger partial charge in [0.15, 0.2) is 0 Å². The fourth-order valence-electron chi connectivity index (χ4n) is 3.43. The Morgan fingerprint density at radius 2 is 1.90 bits per heavy atom. The summed E-state index contributed by atoms with van der Waals surface area (Å²) >= 11 is 0. The molecule has 0 N–H and O–H groups in total. The number of piperazine rings is 1. The molecule has 2 aromatic rings. The number of carbonyl (C=O) groups excluding carboxylic acids is 1. The van der Waals surface area contributed by atoms with E-state index in [2.05, 4.69) is 30.8 Å². The van der Waals surface area contributed by atoms with Gasteiger partial charge in [-0.25, -0.2) is 0 Å². The number of hydrogen-bond donors (Lipinski definition) is 0. The van der Waals surface area contributed by atoms with Gasteiger partial charge in [0.25, 0.3) is 5.91 Å². The van der Waals surface area contributed by atoms with Crippen LogP contribution in [0.1, 0.15) is 54.6 Å². The van der Waals surface area contributed by atoms with E-state index in [4.69, 9.17) is 9.26 Å². The molecule has 1 aliphatic rings. The Kier molecular flexibility index (Phi) is 6.63. The van der Waals surface area contributed by atoms with E-state index in [-0.39, 0.29) is 5.91 Å². The first kappa shape index (κ1) is 21.4. The van der Waals surface area contributed by atoms with Crippen molar-refractivity contribution < 1.29 is 14.1 Å². The van der Waals surface area contributed by atoms with E-state index in [0.29, 0.717) is 23.3 Å². The van der Waals surface area contributed by atoms with Gasteiger partial charge in [-0.2, -0.15) is 0 Å². The minimum absolute atomic E-state index is 0.0725. The van der Waals surface area contributed by atoms with Gasteiger partial charge in [0.05, 0.1) is 11.3 Å². The minimum Gasteiger partial charge on any atom is -0.489 e. The van der Waals surface area contributed by atoms with Crippen molar-refractivity contribution in [3.8, 4) is 5.75 Å². The molecule has 29 heavy (non-hydrogen) atoms. The third-order valence-electron chi connectivity index (χ3n) is 5.48. The molecular weight excluding hydrogens is 366 g/mol. The van der Waals surface area contributed by atoms with Crippen LogP contribution in [-0.2, 0) is 6.61 Å². The Morgan fingerprint density at radius 1 is 1.17 bits per heavy atom. The Labute approximate surface area is 173 Å². The van der Waals surface area contributed by atoms with E-state index in [0.717, 1.165) is 49.7 Å². The van der Waals surface area contributed by atoms with Crippen LogP contribution in [0.4, 0.5) is 0 Å². The van der Waals surface area contributed by atoms with Gasteiger partial charge in [-0.1, -0.05) is 32.0 Å². The minimum atomic E-state index is 0.0725. The predicted octanol–water partition coefficient (Wildman–Crippen LogP) is 4.06. The Bertz CT molecular complexity index is 811. The highest BCUT2D eigenvalue weighted by Crippen LogP contribution is 2.21. The molecule has 0 radical (unpaired) electrons. The van der Waals surface area contributed by atoms with Gasteiger partial charge in [0.1, 0.15) is 18.1 Å². The second-order valence-corrected chi connectivity index (χ2v) is 9.06. The molecule has 0 atom stereocenters. The smallest absolute Gasteiger partial charge is 0.254 e. The Morgan fingerprint density at radius 3 is 2.52 bits per heavy atom. The van der Waals surface area contributed by atoms with Crippen molar-refractivity contribution in [2.24, 2.45) is 5.41 Å². The van der Waals surface area contributed by atoms with Crippen LogP contribution in [0.15, 0.2) is 28.8 Å². The van der Waals surface area contributed by atoms with Crippen molar-refractivity contribution in [3.63, 3.8) is 0 Å². The Hall–Kier alpha value is -2.34. The summed E-state index contributed by atoms with van der Waals surface area (Å²) in [5.41, 5.74) is 2.80.